The molecule has 0 amide bonds. The van der Waals surface area contributed by atoms with Crippen LogP contribution in [0.4, 0.5) is 17.6 Å². The smallest absolute Gasteiger partial charge is 0.263 e. The predicted octanol–water partition coefficient (Wildman–Crippen LogP) is 4.43. The molecule has 0 aliphatic heterocycles. The topological polar surface area (TPSA) is 17.1 Å². The van der Waals surface area contributed by atoms with Crippen LogP contribution in [0.25, 0.3) is 0 Å². The Hall–Kier alpha value is -1.10. The summed E-state index contributed by atoms with van der Waals surface area (Å²) >= 11 is 5.66. The molecule has 0 saturated carbocycles. The fourth-order valence-corrected chi connectivity index (χ4v) is 1.46. The van der Waals surface area contributed by atoms with Crippen molar-refractivity contribution in [3.63, 3.8) is 0 Å². The number of hydrogen-bond donors (Lipinski definition) is 0. The molecule has 0 saturated heterocycles. The van der Waals surface area contributed by atoms with Crippen LogP contribution >= 0.6 is 11.6 Å². The SMILES string of the molecule is CC(=O)C(Cl)c1cc(C(F)F)cc(C(F)F)c1. The number of rotatable bonds is 4. The van der Waals surface area contributed by atoms with Crippen molar-refractivity contribution >= 4 is 17.4 Å². The fourth-order valence-electron chi connectivity index (χ4n) is 1.34. The van der Waals surface area contributed by atoms with E-state index in [0.29, 0.717) is 6.07 Å². The molecule has 0 bridgehead atoms. The van der Waals surface area contributed by atoms with Crippen molar-refractivity contribution in [1.82, 2.24) is 0 Å². The van der Waals surface area contributed by atoms with E-state index in [9.17, 15) is 22.4 Å². The Morgan fingerprint density at radius 1 is 1.00 bits per heavy atom. The molecule has 1 rings (SSSR count). The number of Topliss-reactive ketones (excluding diaryl/α,β-unsaturated/α-hetero) is 1. The Morgan fingerprint density at radius 3 is 1.65 bits per heavy atom. The largest absolute Gasteiger partial charge is 0.298 e. The summed E-state index contributed by atoms with van der Waals surface area (Å²) in [7, 11) is 0. The molecule has 0 fully saturated rings. The lowest BCUT2D eigenvalue weighted by Gasteiger charge is -2.11. The Kier molecular flexibility index (Phi) is 4.51. The zero-order valence-corrected chi connectivity index (χ0v) is 9.52. The highest BCUT2D eigenvalue weighted by atomic mass is 35.5. The number of benzene rings is 1. The van der Waals surface area contributed by atoms with Gasteiger partial charge in [-0.1, -0.05) is 0 Å². The van der Waals surface area contributed by atoms with Gasteiger partial charge in [-0.3, -0.25) is 4.79 Å². The van der Waals surface area contributed by atoms with Gasteiger partial charge in [0, 0.05) is 11.1 Å². The number of carbonyl (C=O) groups excluding carboxylic acids is 1. The van der Waals surface area contributed by atoms with Gasteiger partial charge in [-0.2, -0.15) is 0 Å². The average Bonchev–Trinajstić information content (AvgIpc) is 2.27. The van der Waals surface area contributed by atoms with Gasteiger partial charge in [0.1, 0.15) is 5.38 Å². The molecule has 1 nitrogen and oxygen atoms in total. The Bertz CT molecular complexity index is 394. The molecule has 0 heterocycles. The molecular weight excluding hydrogens is 260 g/mol. The minimum Gasteiger partial charge on any atom is -0.298 e. The molecule has 0 aromatic heterocycles. The molecule has 0 aliphatic carbocycles. The van der Waals surface area contributed by atoms with E-state index in [0.717, 1.165) is 19.1 Å². The van der Waals surface area contributed by atoms with E-state index >= 15 is 0 Å². The third-order valence-corrected chi connectivity index (χ3v) is 2.71. The van der Waals surface area contributed by atoms with Gasteiger partial charge in [0.05, 0.1) is 0 Å². The normalized spacial score (nSPS) is 13.2. The quantitative estimate of drug-likeness (QED) is 0.583. The van der Waals surface area contributed by atoms with E-state index in [1.54, 1.807) is 0 Å². The monoisotopic (exact) mass is 268 g/mol. The summed E-state index contributed by atoms with van der Waals surface area (Å²) in [5.41, 5.74) is -1.17. The van der Waals surface area contributed by atoms with Crippen LogP contribution in [-0.2, 0) is 4.79 Å². The van der Waals surface area contributed by atoms with Crippen molar-refractivity contribution in [2.75, 3.05) is 0 Å². The van der Waals surface area contributed by atoms with Crippen molar-refractivity contribution in [3.8, 4) is 0 Å². The molecule has 1 aromatic carbocycles. The van der Waals surface area contributed by atoms with E-state index in [2.05, 4.69) is 0 Å². The van der Waals surface area contributed by atoms with Crippen LogP contribution in [0.1, 0.15) is 41.8 Å². The van der Waals surface area contributed by atoms with Crippen molar-refractivity contribution in [3.05, 3.63) is 34.9 Å². The molecule has 6 heteroatoms. The summed E-state index contributed by atoms with van der Waals surface area (Å²) in [5.74, 6) is -0.488. The molecule has 0 aliphatic rings. The first kappa shape index (κ1) is 14.0. The van der Waals surface area contributed by atoms with Crippen LogP contribution in [0.3, 0.4) is 0 Å². The lowest BCUT2D eigenvalue weighted by Crippen LogP contribution is -2.04. The van der Waals surface area contributed by atoms with Crippen LogP contribution in [0.5, 0.6) is 0 Å². The standard InChI is InChI=1S/C11H9ClF4O/c1-5(17)9(12)6-2-7(10(13)14)4-8(3-6)11(15)16/h2-4,9-11H,1H3. The first-order chi connectivity index (χ1) is 7.82. The zero-order valence-electron chi connectivity index (χ0n) is 8.76. The second-order valence-electron chi connectivity index (χ2n) is 3.51. The van der Waals surface area contributed by atoms with Gasteiger partial charge >= 0.3 is 0 Å². The highest BCUT2D eigenvalue weighted by Gasteiger charge is 2.20. The Labute approximate surface area is 100 Å². The van der Waals surface area contributed by atoms with Crippen molar-refractivity contribution in [2.45, 2.75) is 25.2 Å². The summed E-state index contributed by atoms with van der Waals surface area (Å²) < 4.78 is 49.9. The van der Waals surface area contributed by atoms with Crippen LogP contribution in [-0.4, -0.2) is 5.78 Å². The van der Waals surface area contributed by atoms with Gasteiger partial charge in [-0.25, -0.2) is 17.6 Å². The van der Waals surface area contributed by atoms with Gasteiger partial charge in [-0.15, -0.1) is 11.6 Å². The molecule has 0 N–H and O–H groups in total. The number of hydrogen-bond acceptors (Lipinski definition) is 1. The maximum atomic E-state index is 12.5. The van der Waals surface area contributed by atoms with E-state index in [4.69, 9.17) is 11.6 Å². The average molecular weight is 269 g/mol. The van der Waals surface area contributed by atoms with Crippen molar-refractivity contribution < 1.29 is 22.4 Å². The van der Waals surface area contributed by atoms with Gasteiger partial charge in [0.25, 0.3) is 12.9 Å². The maximum Gasteiger partial charge on any atom is 0.263 e. The third kappa shape index (κ3) is 3.43. The number of ketones is 1. The van der Waals surface area contributed by atoms with Crippen LogP contribution in [0.15, 0.2) is 18.2 Å². The van der Waals surface area contributed by atoms with Gasteiger partial charge in [-0.05, 0) is 30.7 Å². The molecular formula is C11H9ClF4O. The van der Waals surface area contributed by atoms with Crippen LogP contribution < -0.4 is 0 Å². The minimum atomic E-state index is -2.89. The Balaban J connectivity index is 3.26. The summed E-state index contributed by atoms with van der Waals surface area (Å²) in [6.45, 7) is 1.16. The predicted molar refractivity (Wildman–Crippen MR) is 55.6 cm³/mol. The third-order valence-electron chi connectivity index (χ3n) is 2.15. The van der Waals surface area contributed by atoms with Gasteiger partial charge in [0.2, 0.25) is 0 Å². The molecule has 17 heavy (non-hydrogen) atoms. The highest BCUT2D eigenvalue weighted by Crippen LogP contribution is 2.31. The summed E-state index contributed by atoms with van der Waals surface area (Å²) in [6, 6.07) is 2.65. The first-order valence-corrected chi connectivity index (χ1v) is 5.12. The van der Waals surface area contributed by atoms with E-state index < -0.39 is 35.1 Å². The van der Waals surface area contributed by atoms with E-state index in [1.807, 2.05) is 0 Å². The number of halogens is 5. The lowest BCUT2D eigenvalue weighted by atomic mass is 10.0. The van der Waals surface area contributed by atoms with E-state index in [-0.39, 0.29) is 5.56 Å². The molecule has 1 unspecified atom stereocenters. The number of alkyl halides is 5. The van der Waals surface area contributed by atoms with Gasteiger partial charge in [0.15, 0.2) is 5.78 Å². The minimum absolute atomic E-state index is 0.0349. The molecule has 0 spiro atoms. The maximum absolute atomic E-state index is 12.5. The highest BCUT2D eigenvalue weighted by molar-refractivity contribution is 6.30. The second-order valence-corrected chi connectivity index (χ2v) is 3.94. The lowest BCUT2D eigenvalue weighted by molar-refractivity contribution is -0.116. The second kappa shape index (κ2) is 5.49. The summed E-state index contributed by atoms with van der Waals surface area (Å²) in [4.78, 5) is 11.0. The van der Waals surface area contributed by atoms with Gasteiger partial charge < -0.3 is 0 Å². The molecule has 0 radical (unpaired) electrons. The fraction of sp³-hybridized carbons (Fsp3) is 0.364. The Morgan fingerprint density at radius 2 is 1.35 bits per heavy atom. The first-order valence-electron chi connectivity index (χ1n) is 4.68. The van der Waals surface area contributed by atoms with Crippen molar-refractivity contribution in [1.29, 1.82) is 0 Å². The number of carbonyl (C=O) groups is 1. The van der Waals surface area contributed by atoms with Crippen LogP contribution in [0, 0.1) is 0 Å². The summed E-state index contributed by atoms with van der Waals surface area (Å²) in [6.07, 6.45) is -5.77. The zero-order chi connectivity index (χ0) is 13.2. The molecule has 94 valence electrons. The van der Waals surface area contributed by atoms with Crippen LogP contribution in [0.2, 0.25) is 0 Å². The molecule has 1 aromatic rings. The van der Waals surface area contributed by atoms with Crippen molar-refractivity contribution in [2.24, 2.45) is 0 Å². The molecule has 1 atom stereocenters. The summed E-state index contributed by atoms with van der Waals surface area (Å²) in [5, 5.41) is -1.19. The van der Waals surface area contributed by atoms with E-state index in [1.165, 1.54) is 0 Å².